The van der Waals surface area contributed by atoms with Crippen molar-refractivity contribution in [2.24, 2.45) is 0 Å². The summed E-state index contributed by atoms with van der Waals surface area (Å²) in [6.45, 7) is 3.64. The molecule has 1 unspecified atom stereocenters. The first-order valence-electron chi connectivity index (χ1n) is 5.72. The van der Waals surface area contributed by atoms with E-state index in [0.29, 0.717) is 23.9 Å². The minimum Gasteiger partial charge on any atom is -0.475 e. The Balaban J connectivity index is 2.71. The molecule has 0 aliphatic rings. The second kappa shape index (κ2) is 7.93. The van der Waals surface area contributed by atoms with Crippen LogP contribution < -0.4 is 10.1 Å². The first kappa shape index (κ1) is 14.8. The van der Waals surface area contributed by atoms with Gasteiger partial charge in [-0.25, -0.2) is 0 Å². The van der Waals surface area contributed by atoms with Gasteiger partial charge in [-0.1, -0.05) is 17.7 Å². The molecule has 1 aromatic rings. The Hall–Kier alpha value is -1.28. The molecule has 1 N–H and O–H groups in total. The third-order valence-corrected chi connectivity index (χ3v) is 2.70. The number of rotatable bonds is 7. The highest BCUT2D eigenvalue weighted by molar-refractivity contribution is 6.31. The fourth-order valence-corrected chi connectivity index (χ4v) is 1.66. The minimum atomic E-state index is -0.499. The van der Waals surface area contributed by atoms with Gasteiger partial charge in [0.05, 0.1) is 6.61 Å². The first-order valence-corrected chi connectivity index (χ1v) is 6.10. The lowest BCUT2D eigenvalue weighted by atomic mass is 10.2. The number of nitrogens with zero attached hydrogens (tertiary/aromatic N) is 1. The lowest BCUT2D eigenvalue weighted by Gasteiger charge is -2.14. The third-order valence-electron chi connectivity index (χ3n) is 2.35. The monoisotopic (exact) mass is 268 g/mol. The Kier molecular flexibility index (Phi) is 6.51. The summed E-state index contributed by atoms with van der Waals surface area (Å²) >= 11 is 6.13. The molecule has 1 aromatic carbocycles. The Bertz CT molecular complexity index is 418. The van der Waals surface area contributed by atoms with Crippen molar-refractivity contribution in [3.63, 3.8) is 0 Å². The molecular formula is C13H17ClN2O2. The summed E-state index contributed by atoms with van der Waals surface area (Å²) < 4.78 is 10.5. The summed E-state index contributed by atoms with van der Waals surface area (Å²) in [7, 11) is 1.65. The van der Waals surface area contributed by atoms with Crippen LogP contribution >= 0.6 is 11.6 Å². The van der Waals surface area contributed by atoms with Crippen LogP contribution in [0.3, 0.4) is 0 Å². The number of benzene rings is 1. The largest absolute Gasteiger partial charge is 0.475 e. The molecule has 0 saturated carbocycles. The number of hydrogen-bond donors (Lipinski definition) is 1. The highest BCUT2D eigenvalue weighted by Crippen LogP contribution is 2.27. The van der Waals surface area contributed by atoms with Crippen molar-refractivity contribution >= 4 is 11.6 Å². The van der Waals surface area contributed by atoms with E-state index in [1.807, 2.05) is 12.1 Å². The van der Waals surface area contributed by atoms with Gasteiger partial charge in [-0.05, 0) is 19.1 Å². The van der Waals surface area contributed by atoms with Crippen LogP contribution in [0.15, 0.2) is 18.2 Å². The smallest absolute Gasteiger partial charge is 0.181 e. The van der Waals surface area contributed by atoms with Crippen LogP contribution in [0.25, 0.3) is 0 Å². The summed E-state index contributed by atoms with van der Waals surface area (Å²) in [4.78, 5) is 0. The molecule has 0 heterocycles. The van der Waals surface area contributed by atoms with E-state index in [2.05, 4.69) is 5.32 Å². The fraction of sp³-hybridized carbons (Fsp3) is 0.462. The molecule has 0 bridgehead atoms. The van der Waals surface area contributed by atoms with Crippen LogP contribution in [0.2, 0.25) is 5.02 Å². The predicted octanol–water partition coefficient (Wildman–Crippen LogP) is 2.37. The molecule has 0 radical (unpaired) electrons. The normalized spacial score (nSPS) is 11.9. The maximum atomic E-state index is 8.76. The van der Waals surface area contributed by atoms with Crippen molar-refractivity contribution in [1.82, 2.24) is 5.32 Å². The molecular weight excluding hydrogens is 252 g/mol. The zero-order valence-electron chi connectivity index (χ0n) is 10.6. The standard InChI is InChI=1S/C13H17ClN2O2/c1-10(8-15)18-13-5-3-4-12(14)11(13)9-16-6-7-17-2/h3-5,10,16H,6-7,9H2,1-2H3. The van der Waals surface area contributed by atoms with Gasteiger partial charge < -0.3 is 14.8 Å². The number of methoxy groups -OCH3 is 1. The van der Waals surface area contributed by atoms with Crippen LogP contribution in [-0.4, -0.2) is 26.4 Å². The van der Waals surface area contributed by atoms with Gasteiger partial charge in [0.2, 0.25) is 0 Å². The molecule has 0 saturated heterocycles. The van der Waals surface area contributed by atoms with Gasteiger partial charge in [-0.15, -0.1) is 0 Å². The van der Waals surface area contributed by atoms with E-state index in [1.165, 1.54) is 0 Å². The number of nitriles is 1. The van der Waals surface area contributed by atoms with E-state index in [-0.39, 0.29) is 0 Å². The molecule has 1 rings (SSSR count). The van der Waals surface area contributed by atoms with Gasteiger partial charge in [-0.3, -0.25) is 0 Å². The van der Waals surface area contributed by atoms with Gasteiger partial charge in [-0.2, -0.15) is 5.26 Å². The molecule has 0 spiro atoms. The van der Waals surface area contributed by atoms with Crippen LogP contribution in [-0.2, 0) is 11.3 Å². The lowest BCUT2D eigenvalue weighted by molar-refractivity contribution is 0.199. The zero-order chi connectivity index (χ0) is 13.4. The molecule has 0 fully saturated rings. The topological polar surface area (TPSA) is 54.3 Å². The molecule has 0 aliphatic carbocycles. The van der Waals surface area contributed by atoms with Crippen LogP contribution in [0.4, 0.5) is 0 Å². The Morgan fingerprint density at radius 3 is 2.94 bits per heavy atom. The number of halogens is 1. The second-order valence-corrected chi connectivity index (χ2v) is 4.18. The molecule has 18 heavy (non-hydrogen) atoms. The number of nitrogens with one attached hydrogen (secondary N) is 1. The van der Waals surface area contributed by atoms with Crippen molar-refractivity contribution in [1.29, 1.82) is 5.26 Å². The quantitative estimate of drug-likeness (QED) is 0.772. The third kappa shape index (κ3) is 4.53. The highest BCUT2D eigenvalue weighted by Gasteiger charge is 2.10. The zero-order valence-corrected chi connectivity index (χ0v) is 11.3. The highest BCUT2D eigenvalue weighted by atomic mass is 35.5. The van der Waals surface area contributed by atoms with E-state index in [4.69, 9.17) is 26.3 Å². The minimum absolute atomic E-state index is 0.499. The average Bonchev–Trinajstić information content (AvgIpc) is 2.37. The van der Waals surface area contributed by atoms with Gasteiger partial charge >= 0.3 is 0 Å². The summed E-state index contributed by atoms with van der Waals surface area (Å²) in [5.74, 6) is 0.640. The van der Waals surface area contributed by atoms with Crippen LogP contribution in [0, 0.1) is 11.3 Å². The van der Waals surface area contributed by atoms with Crippen molar-refractivity contribution in [2.45, 2.75) is 19.6 Å². The lowest BCUT2D eigenvalue weighted by Crippen LogP contribution is -2.20. The molecule has 0 aliphatic heterocycles. The molecule has 4 nitrogen and oxygen atoms in total. The summed E-state index contributed by atoms with van der Waals surface area (Å²) in [6.07, 6.45) is -0.499. The molecule has 1 atom stereocenters. The molecule has 0 aromatic heterocycles. The Morgan fingerprint density at radius 2 is 2.28 bits per heavy atom. The predicted molar refractivity (Wildman–Crippen MR) is 70.7 cm³/mol. The van der Waals surface area contributed by atoms with Gasteiger partial charge in [0.1, 0.15) is 11.8 Å². The van der Waals surface area contributed by atoms with E-state index >= 15 is 0 Å². The summed E-state index contributed by atoms with van der Waals surface area (Å²) in [5.41, 5.74) is 0.859. The van der Waals surface area contributed by atoms with E-state index in [9.17, 15) is 0 Å². The molecule has 5 heteroatoms. The van der Waals surface area contributed by atoms with E-state index in [0.717, 1.165) is 12.1 Å². The first-order chi connectivity index (χ1) is 8.69. The fourth-order valence-electron chi connectivity index (χ4n) is 1.43. The average molecular weight is 269 g/mol. The van der Waals surface area contributed by atoms with Crippen LogP contribution in [0.1, 0.15) is 12.5 Å². The van der Waals surface area contributed by atoms with Crippen LogP contribution in [0.5, 0.6) is 5.75 Å². The van der Waals surface area contributed by atoms with Gasteiger partial charge in [0.25, 0.3) is 0 Å². The number of hydrogen-bond acceptors (Lipinski definition) is 4. The van der Waals surface area contributed by atoms with Crippen molar-refractivity contribution < 1.29 is 9.47 Å². The number of ether oxygens (including phenoxy) is 2. The van der Waals surface area contributed by atoms with E-state index in [1.54, 1.807) is 26.2 Å². The summed E-state index contributed by atoms with van der Waals surface area (Å²) in [5, 5.41) is 12.6. The van der Waals surface area contributed by atoms with Crippen molar-refractivity contribution in [3.05, 3.63) is 28.8 Å². The molecule has 0 amide bonds. The maximum absolute atomic E-state index is 8.76. The SMILES string of the molecule is COCCNCc1c(Cl)cccc1OC(C)C#N. The maximum Gasteiger partial charge on any atom is 0.181 e. The second-order valence-electron chi connectivity index (χ2n) is 3.78. The van der Waals surface area contributed by atoms with Gasteiger partial charge in [0, 0.05) is 30.8 Å². The Labute approximate surface area is 112 Å². The molecule has 98 valence electrons. The van der Waals surface area contributed by atoms with Gasteiger partial charge in [0.15, 0.2) is 6.10 Å². The summed E-state index contributed by atoms with van der Waals surface area (Å²) in [6, 6.07) is 7.45. The van der Waals surface area contributed by atoms with Crippen molar-refractivity contribution in [2.75, 3.05) is 20.3 Å². The van der Waals surface area contributed by atoms with Crippen molar-refractivity contribution in [3.8, 4) is 11.8 Å². The van der Waals surface area contributed by atoms with E-state index < -0.39 is 6.10 Å². The Morgan fingerprint density at radius 1 is 1.50 bits per heavy atom.